The molecule has 0 fully saturated rings. The van der Waals surface area contributed by atoms with Crippen molar-refractivity contribution in [1.82, 2.24) is 25.1 Å². The molecule has 6 nitrogen and oxygen atoms in total. The van der Waals surface area contributed by atoms with Gasteiger partial charge in [-0.3, -0.25) is 14.3 Å². The first-order chi connectivity index (χ1) is 15.1. The highest BCUT2D eigenvalue weighted by Crippen LogP contribution is 2.29. The minimum Gasteiger partial charge on any atom is -0.351 e. The van der Waals surface area contributed by atoms with Gasteiger partial charge in [0.1, 0.15) is 0 Å². The van der Waals surface area contributed by atoms with Crippen LogP contribution in [0.4, 0.5) is 0 Å². The quantitative estimate of drug-likeness (QED) is 0.414. The first-order valence-corrected chi connectivity index (χ1v) is 11.0. The number of pyridine rings is 1. The molecule has 0 saturated heterocycles. The Morgan fingerprint density at radius 3 is 2.65 bits per heavy atom. The van der Waals surface area contributed by atoms with Gasteiger partial charge >= 0.3 is 0 Å². The average molecular weight is 450 g/mol. The van der Waals surface area contributed by atoms with Crippen LogP contribution in [0.25, 0.3) is 17.1 Å². The van der Waals surface area contributed by atoms with E-state index in [9.17, 15) is 4.79 Å². The molecule has 0 aliphatic rings. The first kappa shape index (κ1) is 21.1. The third-order valence-corrected chi connectivity index (χ3v) is 5.80. The lowest BCUT2D eigenvalue weighted by Crippen LogP contribution is -2.24. The summed E-state index contributed by atoms with van der Waals surface area (Å²) in [6.45, 7) is 2.46. The number of para-hydroxylation sites is 1. The Morgan fingerprint density at radius 2 is 1.87 bits per heavy atom. The molecule has 2 heterocycles. The van der Waals surface area contributed by atoms with Crippen LogP contribution in [-0.2, 0) is 11.3 Å². The van der Waals surface area contributed by atoms with Gasteiger partial charge in [0, 0.05) is 29.5 Å². The van der Waals surface area contributed by atoms with Crippen molar-refractivity contribution in [2.75, 3.05) is 5.75 Å². The van der Waals surface area contributed by atoms with Crippen LogP contribution in [0.5, 0.6) is 0 Å². The van der Waals surface area contributed by atoms with E-state index in [2.05, 4.69) is 20.5 Å². The van der Waals surface area contributed by atoms with Crippen molar-refractivity contribution in [3.63, 3.8) is 0 Å². The molecule has 0 aliphatic heterocycles. The number of rotatable bonds is 7. The fourth-order valence-electron chi connectivity index (χ4n) is 3.11. The van der Waals surface area contributed by atoms with Gasteiger partial charge in [0.05, 0.1) is 11.4 Å². The van der Waals surface area contributed by atoms with Gasteiger partial charge in [-0.05, 0) is 48.4 Å². The molecule has 2 aromatic carbocycles. The predicted octanol–water partition coefficient (Wildman–Crippen LogP) is 4.70. The Hall–Kier alpha value is -3.16. The zero-order chi connectivity index (χ0) is 21.6. The number of carbonyl (C=O) groups is 1. The maximum Gasteiger partial charge on any atom is 0.230 e. The summed E-state index contributed by atoms with van der Waals surface area (Å²) in [5, 5.41) is 13.0. The van der Waals surface area contributed by atoms with E-state index in [4.69, 9.17) is 11.6 Å². The Kier molecular flexibility index (Phi) is 6.64. The molecule has 0 saturated carbocycles. The van der Waals surface area contributed by atoms with Crippen LogP contribution in [0.2, 0.25) is 5.02 Å². The number of thioether (sulfide) groups is 1. The molecule has 2 aromatic heterocycles. The molecule has 31 heavy (non-hydrogen) atoms. The van der Waals surface area contributed by atoms with E-state index in [1.54, 1.807) is 12.4 Å². The molecule has 0 atom stereocenters. The Bertz CT molecular complexity index is 1200. The molecular weight excluding hydrogens is 430 g/mol. The smallest absolute Gasteiger partial charge is 0.230 e. The summed E-state index contributed by atoms with van der Waals surface area (Å²) in [5.41, 5.74) is 3.92. The minimum absolute atomic E-state index is 0.0882. The second kappa shape index (κ2) is 9.76. The van der Waals surface area contributed by atoms with Crippen LogP contribution in [0.3, 0.4) is 0 Å². The lowest BCUT2D eigenvalue weighted by atomic mass is 10.2. The standard InChI is InChI=1S/C23H20ClN5OS/c1-16-5-2-3-8-20(16)29-22(18-9-11-25-12-10-18)27-28-23(29)31-15-21(30)26-14-17-6-4-7-19(24)13-17/h2-13H,14-15H2,1H3,(H,26,30). The largest absolute Gasteiger partial charge is 0.351 e. The molecule has 0 unspecified atom stereocenters. The predicted molar refractivity (Wildman–Crippen MR) is 123 cm³/mol. The summed E-state index contributed by atoms with van der Waals surface area (Å²) in [7, 11) is 0. The van der Waals surface area contributed by atoms with E-state index in [0.29, 0.717) is 22.5 Å². The van der Waals surface area contributed by atoms with Crippen LogP contribution in [0.15, 0.2) is 78.2 Å². The molecule has 0 bridgehead atoms. The minimum atomic E-state index is -0.0882. The summed E-state index contributed by atoms with van der Waals surface area (Å²) >= 11 is 7.35. The second-order valence-electron chi connectivity index (χ2n) is 6.86. The number of aryl methyl sites for hydroxylation is 1. The van der Waals surface area contributed by atoms with Gasteiger partial charge in [-0.15, -0.1) is 10.2 Å². The molecular formula is C23H20ClN5OS. The SMILES string of the molecule is Cc1ccccc1-n1c(SCC(=O)NCc2cccc(Cl)c2)nnc1-c1ccncc1. The molecule has 4 aromatic rings. The molecule has 4 rings (SSSR count). The van der Waals surface area contributed by atoms with Gasteiger partial charge < -0.3 is 5.32 Å². The first-order valence-electron chi connectivity index (χ1n) is 9.67. The lowest BCUT2D eigenvalue weighted by Gasteiger charge is -2.13. The number of halogens is 1. The molecule has 0 spiro atoms. The zero-order valence-corrected chi connectivity index (χ0v) is 18.4. The van der Waals surface area contributed by atoms with Crippen molar-refractivity contribution >= 4 is 29.3 Å². The normalized spacial score (nSPS) is 10.8. The topological polar surface area (TPSA) is 72.7 Å². The van der Waals surface area contributed by atoms with E-state index in [1.807, 2.05) is 72.2 Å². The van der Waals surface area contributed by atoms with Crippen molar-refractivity contribution in [3.05, 3.63) is 89.2 Å². The number of aromatic nitrogens is 4. The van der Waals surface area contributed by atoms with E-state index < -0.39 is 0 Å². The average Bonchev–Trinajstić information content (AvgIpc) is 3.21. The van der Waals surface area contributed by atoms with Crippen molar-refractivity contribution in [2.24, 2.45) is 0 Å². The van der Waals surface area contributed by atoms with Gasteiger partial charge in [-0.25, -0.2) is 0 Å². The van der Waals surface area contributed by atoms with Gasteiger partial charge in [-0.1, -0.05) is 53.7 Å². The van der Waals surface area contributed by atoms with Gasteiger partial charge in [0.15, 0.2) is 11.0 Å². The van der Waals surface area contributed by atoms with Crippen molar-refractivity contribution in [1.29, 1.82) is 0 Å². The monoisotopic (exact) mass is 449 g/mol. The second-order valence-corrected chi connectivity index (χ2v) is 8.24. The number of nitrogens with one attached hydrogen (secondary N) is 1. The summed E-state index contributed by atoms with van der Waals surface area (Å²) in [4.78, 5) is 16.5. The van der Waals surface area contributed by atoms with Crippen LogP contribution in [0, 0.1) is 6.92 Å². The van der Waals surface area contributed by atoms with E-state index in [-0.39, 0.29) is 11.7 Å². The molecule has 0 aliphatic carbocycles. The van der Waals surface area contributed by atoms with Crippen LogP contribution in [-0.4, -0.2) is 31.4 Å². The summed E-state index contributed by atoms with van der Waals surface area (Å²) in [6, 6.07) is 19.3. The molecule has 8 heteroatoms. The number of carbonyl (C=O) groups excluding carboxylic acids is 1. The summed E-state index contributed by atoms with van der Waals surface area (Å²) in [6.07, 6.45) is 3.45. The third kappa shape index (κ3) is 5.13. The number of amides is 1. The molecule has 1 amide bonds. The van der Waals surface area contributed by atoms with E-state index in [0.717, 1.165) is 22.4 Å². The fourth-order valence-corrected chi connectivity index (χ4v) is 4.10. The zero-order valence-electron chi connectivity index (χ0n) is 16.8. The highest BCUT2D eigenvalue weighted by Gasteiger charge is 2.18. The van der Waals surface area contributed by atoms with Crippen LogP contribution >= 0.6 is 23.4 Å². The number of hydrogen-bond acceptors (Lipinski definition) is 5. The summed E-state index contributed by atoms with van der Waals surface area (Å²) in [5.74, 6) is 0.842. The highest BCUT2D eigenvalue weighted by molar-refractivity contribution is 7.99. The number of nitrogens with zero attached hydrogens (tertiary/aromatic N) is 4. The van der Waals surface area contributed by atoms with Gasteiger partial charge in [0.25, 0.3) is 0 Å². The van der Waals surface area contributed by atoms with Crippen LogP contribution in [0.1, 0.15) is 11.1 Å². The van der Waals surface area contributed by atoms with E-state index in [1.165, 1.54) is 11.8 Å². The third-order valence-electron chi connectivity index (χ3n) is 4.64. The maximum absolute atomic E-state index is 12.4. The van der Waals surface area contributed by atoms with Crippen LogP contribution < -0.4 is 5.32 Å². The van der Waals surface area contributed by atoms with Crippen molar-refractivity contribution in [2.45, 2.75) is 18.6 Å². The molecule has 1 N–H and O–H groups in total. The molecule has 156 valence electrons. The highest BCUT2D eigenvalue weighted by atomic mass is 35.5. The molecule has 0 radical (unpaired) electrons. The Labute approximate surface area is 189 Å². The maximum atomic E-state index is 12.4. The van der Waals surface area contributed by atoms with Gasteiger partial charge in [-0.2, -0.15) is 0 Å². The Morgan fingerprint density at radius 1 is 1.06 bits per heavy atom. The summed E-state index contributed by atoms with van der Waals surface area (Å²) < 4.78 is 1.99. The van der Waals surface area contributed by atoms with E-state index >= 15 is 0 Å². The van der Waals surface area contributed by atoms with Gasteiger partial charge in [0.2, 0.25) is 5.91 Å². The fraction of sp³-hybridized carbons (Fsp3) is 0.130. The number of hydrogen-bond donors (Lipinski definition) is 1. The Balaban J connectivity index is 1.54. The number of benzene rings is 2. The lowest BCUT2D eigenvalue weighted by molar-refractivity contribution is -0.118. The van der Waals surface area contributed by atoms with Crippen molar-refractivity contribution in [3.8, 4) is 17.1 Å². The van der Waals surface area contributed by atoms with Crippen molar-refractivity contribution < 1.29 is 4.79 Å².